The van der Waals surface area contributed by atoms with Crippen LogP contribution in [0.4, 0.5) is 5.82 Å². The van der Waals surface area contributed by atoms with Gasteiger partial charge in [0.1, 0.15) is 17.4 Å². The van der Waals surface area contributed by atoms with Crippen molar-refractivity contribution in [2.75, 3.05) is 38.2 Å². The molecule has 0 spiro atoms. The largest absolute Gasteiger partial charge is 0.497 e. The molecular formula is C30H35ClN6O2. The van der Waals surface area contributed by atoms with Crippen LogP contribution < -0.4 is 9.64 Å². The number of hydrogen-bond donors (Lipinski definition) is 0. The quantitative estimate of drug-likeness (QED) is 0.296. The van der Waals surface area contributed by atoms with Gasteiger partial charge >= 0.3 is 0 Å². The zero-order chi connectivity index (χ0) is 27.4. The summed E-state index contributed by atoms with van der Waals surface area (Å²) in [5.74, 6) is 3.18. The molecule has 1 amide bonds. The van der Waals surface area contributed by atoms with Gasteiger partial charge in [-0.2, -0.15) is 5.10 Å². The SMILES string of the molecule is COc1ccc(CC(=O)N2CCCN(c3nc(CCC(C)C)nc4c3cnn4-c3cccc(Cl)c3)CC2)cc1. The van der Waals surface area contributed by atoms with Crippen LogP contribution in [0.3, 0.4) is 0 Å². The van der Waals surface area contributed by atoms with E-state index in [0.717, 1.165) is 72.0 Å². The fourth-order valence-corrected chi connectivity index (χ4v) is 5.10. The van der Waals surface area contributed by atoms with Crippen molar-refractivity contribution in [1.29, 1.82) is 0 Å². The third-order valence-corrected chi connectivity index (χ3v) is 7.35. The maximum Gasteiger partial charge on any atom is 0.227 e. The third-order valence-electron chi connectivity index (χ3n) is 7.12. The van der Waals surface area contributed by atoms with E-state index in [1.807, 2.05) is 64.3 Å². The predicted octanol–water partition coefficient (Wildman–Crippen LogP) is 5.35. The van der Waals surface area contributed by atoms with Crippen LogP contribution in [-0.2, 0) is 17.6 Å². The Kier molecular flexibility index (Phi) is 8.31. The first-order valence-electron chi connectivity index (χ1n) is 13.6. The molecule has 1 fully saturated rings. The molecular weight excluding hydrogens is 512 g/mol. The van der Waals surface area contributed by atoms with Crippen molar-refractivity contribution < 1.29 is 9.53 Å². The number of hydrogen-bond acceptors (Lipinski definition) is 6. The molecule has 1 aliphatic rings. The highest BCUT2D eigenvalue weighted by molar-refractivity contribution is 6.30. The molecule has 4 aromatic rings. The van der Waals surface area contributed by atoms with E-state index in [1.54, 1.807) is 7.11 Å². The average Bonchev–Trinajstić information content (AvgIpc) is 3.20. The highest BCUT2D eigenvalue weighted by Gasteiger charge is 2.24. The standard InChI is InChI=1S/C30H35ClN6O2/c1-21(2)8-13-27-33-29(26-20-32-37(30(26)34-27)24-7-4-6-23(31)19-24)36-15-5-14-35(16-17-36)28(38)18-22-9-11-25(39-3)12-10-22/h4,6-7,9-12,19-21H,5,8,13-18H2,1-3H3. The van der Waals surface area contributed by atoms with E-state index in [4.69, 9.17) is 26.3 Å². The lowest BCUT2D eigenvalue weighted by molar-refractivity contribution is -0.130. The minimum absolute atomic E-state index is 0.140. The number of halogens is 1. The highest BCUT2D eigenvalue weighted by atomic mass is 35.5. The van der Waals surface area contributed by atoms with Gasteiger partial charge in [0.15, 0.2) is 5.65 Å². The summed E-state index contributed by atoms with van der Waals surface area (Å²) in [7, 11) is 1.64. The molecule has 0 radical (unpaired) electrons. The van der Waals surface area contributed by atoms with Crippen LogP contribution in [0.25, 0.3) is 16.7 Å². The molecule has 0 bridgehead atoms. The molecule has 0 unspecified atom stereocenters. The summed E-state index contributed by atoms with van der Waals surface area (Å²) in [5, 5.41) is 6.23. The number of aromatic nitrogens is 4. The van der Waals surface area contributed by atoms with Crippen LogP contribution in [0, 0.1) is 5.92 Å². The maximum absolute atomic E-state index is 13.1. The number of methoxy groups -OCH3 is 1. The van der Waals surface area contributed by atoms with Crippen LogP contribution >= 0.6 is 11.6 Å². The predicted molar refractivity (Wildman–Crippen MR) is 155 cm³/mol. The van der Waals surface area contributed by atoms with E-state index in [-0.39, 0.29) is 5.91 Å². The molecule has 0 N–H and O–H groups in total. The van der Waals surface area contributed by atoms with Crippen molar-refractivity contribution >= 4 is 34.4 Å². The number of carbonyl (C=O) groups excluding carboxylic acids is 1. The first kappa shape index (κ1) is 26.9. The summed E-state index contributed by atoms with van der Waals surface area (Å²) in [5.41, 5.74) is 2.63. The Labute approximate surface area is 234 Å². The Morgan fingerprint density at radius 1 is 1.05 bits per heavy atom. The van der Waals surface area contributed by atoms with E-state index >= 15 is 0 Å². The van der Waals surface area contributed by atoms with Gasteiger partial charge in [0.25, 0.3) is 0 Å². The third kappa shape index (κ3) is 6.33. The molecule has 5 rings (SSSR count). The lowest BCUT2D eigenvalue weighted by atomic mass is 10.1. The Bertz CT molecular complexity index is 1440. The van der Waals surface area contributed by atoms with E-state index < -0.39 is 0 Å². The number of amides is 1. The normalized spacial score (nSPS) is 14.2. The first-order chi connectivity index (χ1) is 18.9. The van der Waals surface area contributed by atoms with Crippen molar-refractivity contribution in [3.63, 3.8) is 0 Å². The summed E-state index contributed by atoms with van der Waals surface area (Å²) in [6.07, 6.45) is 4.89. The van der Waals surface area contributed by atoms with Gasteiger partial charge in [-0.25, -0.2) is 14.6 Å². The second-order valence-corrected chi connectivity index (χ2v) is 10.9. The Balaban J connectivity index is 1.39. The minimum atomic E-state index is 0.140. The van der Waals surface area contributed by atoms with Crippen LogP contribution in [0.5, 0.6) is 5.75 Å². The molecule has 39 heavy (non-hydrogen) atoms. The molecule has 3 heterocycles. The molecule has 1 aliphatic heterocycles. The number of nitrogens with zero attached hydrogens (tertiary/aromatic N) is 6. The van der Waals surface area contributed by atoms with Crippen molar-refractivity contribution in [3.8, 4) is 11.4 Å². The molecule has 2 aromatic carbocycles. The van der Waals surface area contributed by atoms with Crippen molar-refractivity contribution in [1.82, 2.24) is 24.6 Å². The van der Waals surface area contributed by atoms with Gasteiger partial charge in [-0.3, -0.25) is 4.79 Å². The Morgan fingerprint density at radius 3 is 2.62 bits per heavy atom. The molecule has 1 saturated heterocycles. The topological polar surface area (TPSA) is 76.4 Å². The van der Waals surface area contributed by atoms with E-state index in [2.05, 4.69) is 23.8 Å². The van der Waals surface area contributed by atoms with Gasteiger partial charge < -0.3 is 14.5 Å². The molecule has 0 aliphatic carbocycles. The first-order valence-corrected chi connectivity index (χ1v) is 14.0. The fraction of sp³-hybridized carbons (Fsp3) is 0.400. The number of carbonyl (C=O) groups is 1. The van der Waals surface area contributed by atoms with E-state index in [9.17, 15) is 4.79 Å². The van der Waals surface area contributed by atoms with Gasteiger partial charge in [0.05, 0.1) is 30.8 Å². The number of aryl methyl sites for hydroxylation is 1. The average molecular weight is 547 g/mol. The molecule has 204 valence electrons. The van der Waals surface area contributed by atoms with E-state index in [0.29, 0.717) is 30.5 Å². The van der Waals surface area contributed by atoms with Crippen LogP contribution in [0.1, 0.15) is 38.1 Å². The Hall–Kier alpha value is -3.65. The molecule has 0 saturated carbocycles. The van der Waals surface area contributed by atoms with Crippen LogP contribution in [-0.4, -0.2) is 63.8 Å². The second-order valence-electron chi connectivity index (χ2n) is 10.4. The van der Waals surface area contributed by atoms with Crippen LogP contribution in [0.15, 0.2) is 54.7 Å². The summed E-state index contributed by atoms with van der Waals surface area (Å²) >= 11 is 6.28. The smallest absolute Gasteiger partial charge is 0.227 e. The fourth-order valence-electron chi connectivity index (χ4n) is 4.91. The van der Waals surface area contributed by atoms with Gasteiger partial charge in [-0.1, -0.05) is 43.6 Å². The lowest BCUT2D eigenvalue weighted by Crippen LogP contribution is -2.36. The summed E-state index contributed by atoms with van der Waals surface area (Å²) in [4.78, 5) is 27.4. The lowest BCUT2D eigenvalue weighted by Gasteiger charge is -2.24. The highest BCUT2D eigenvalue weighted by Crippen LogP contribution is 2.28. The molecule has 2 aromatic heterocycles. The number of anilines is 1. The number of rotatable bonds is 8. The Morgan fingerprint density at radius 2 is 1.87 bits per heavy atom. The molecule has 0 atom stereocenters. The summed E-state index contributed by atoms with van der Waals surface area (Å²) in [6, 6.07) is 15.3. The summed E-state index contributed by atoms with van der Waals surface area (Å²) < 4.78 is 7.08. The number of benzene rings is 2. The maximum atomic E-state index is 13.1. The van der Waals surface area contributed by atoms with Crippen molar-refractivity contribution in [2.45, 2.75) is 39.5 Å². The number of fused-ring (bicyclic) bond motifs is 1. The molecule has 9 heteroatoms. The van der Waals surface area contributed by atoms with Gasteiger partial charge in [-0.05, 0) is 54.7 Å². The second kappa shape index (κ2) is 12.0. The van der Waals surface area contributed by atoms with Crippen molar-refractivity contribution in [2.24, 2.45) is 5.92 Å². The van der Waals surface area contributed by atoms with Gasteiger partial charge in [0.2, 0.25) is 5.91 Å². The zero-order valence-electron chi connectivity index (χ0n) is 22.8. The monoisotopic (exact) mass is 546 g/mol. The number of ether oxygens (including phenoxy) is 1. The van der Waals surface area contributed by atoms with Gasteiger partial charge in [-0.15, -0.1) is 0 Å². The minimum Gasteiger partial charge on any atom is -0.497 e. The van der Waals surface area contributed by atoms with Crippen molar-refractivity contribution in [3.05, 3.63) is 71.1 Å². The molecule has 8 nitrogen and oxygen atoms in total. The van der Waals surface area contributed by atoms with E-state index in [1.165, 1.54) is 0 Å². The summed E-state index contributed by atoms with van der Waals surface area (Å²) in [6.45, 7) is 7.30. The zero-order valence-corrected chi connectivity index (χ0v) is 23.6. The van der Waals surface area contributed by atoms with Gasteiger partial charge in [0, 0.05) is 37.6 Å². The van der Waals surface area contributed by atoms with Crippen LogP contribution in [0.2, 0.25) is 5.02 Å².